The minimum atomic E-state index is -3.32. The third-order valence-corrected chi connectivity index (χ3v) is 3.16. The fraction of sp³-hybridized carbons (Fsp3) is 0.615. The third kappa shape index (κ3) is 2.96. The molecule has 22 heavy (non-hydrogen) atoms. The number of hydrogen-bond donors (Lipinski definition) is 3. The van der Waals surface area contributed by atoms with Crippen LogP contribution in [0, 0.1) is 0 Å². The highest BCUT2D eigenvalue weighted by Crippen LogP contribution is 2.34. The van der Waals surface area contributed by atoms with Crippen LogP contribution >= 0.6 is 0 Å². The van der Waals surface area contributed by atoms with E-state index in [2.05, 4.69) is 4.74 Å². The summed E-state index contributed by atoms with van der Waals surface area (Å²) < 4.78 is 4.57. The number of ketones is 4. The molecule has 3 N–H and O–H groups in total. The van der Waals surface area contributed by atoms with Crippen LogP contribution in [0.1, 0.15) is 27.7 Å². The van der Waals surface area contributed by atoms with Crippen LogP contribution in [0.2, 0.25) is 0 Å². The molecule has 0 rings (SSSR count). The molecule has 0 heterocycles. The minimum absolute atomic E-state index is 0.696. The number of hydrogen-bond acceptors (Lipinski definition) is 9. The fourth-order valence-electron chi connectivity index (χ4n) is 2.11. The number of aliphatic hydroxyl groups is 3. The lowest BCUT2D eigenvalue weighted by Gasteiger charge is -2.42. The van der Waals surface area contributed by atoms with E-state index in [1.54, 1.807) is 0 Å². The van der Waals surface area contributed by atoms with E-state index in [-0.39, 0.29) is 0 Å². The van der Waals surface area contributed by atoms with Crippen LogP contribution in [0.4, 0.5) is 0 Å². The molecular weight excluding hydrogens is 300 g/mol. The van der Waals surface area contributed by atoms with Gasteiger partial charge in [0, 0.05) is 13.8 Å². The lowest BCUT2D eigenvalue weighted by molar-refractivity contribution is -0.218. The van der Waals surface area contributed by atoms with Crippen LogP contribution in [0.3, 0.4) is 0 Å². The number of rotatable bonds is 8. The molecule has 0 aromatic carbocycles. The minimum Gasteiger partial charge on any atom is -0.439 e. The standard InChI is InChI=1S/C13H18O9/c1-6(15)11(20)13(8(3)17,22-9(4)18)12(21,7(2)16)10(19)5-14/h10,14,19,21H,5H2,1-4H3/t10-,12-,13+/m1/s1. The van der Waals surface area contributed by atoms with Crippen molar-refractivity contribution in [2.24, 2.45) is 0 Å². The topological polar surface area (TPSA) is 155 Å². The van der Waals surface area contributed by atoms with E-state index >= 15 is 0 Å². The molecule has 0 spiro atoms. The molecule has 124 valence electrons. The molecule has 0 aliphatic carbocycles. The Hall–Kier alpha value is -1.97. The van der Waals surface area contributed by atoms with Crippen molar-refractivity contribution in [3.63, 3.8) is 0 Å². The van der Waals surface area contributed by atoms with E-state index in [1.807, 2.05) is 0 Å². The lowest BCUT2D eigenvalue weighted by Crippen LogP contribution is -2.74. The molecule has 0 saturated carbocycles. The average molecular weight is 318 g/mol. The van der Waals surface area contributed by atoms with Crippen LogP contribution in [-0.2, 0) is 28.7 Å². The molecule has 0 aromatic rings. The van der Waals surface area contributed by atoms with Gasteiger partial charge in [0.05, 0.1) is 6.61 Å². The monoisotopic (exact) mass is 318 g/mol. The molecule has 0 unspecified atom stereocenters. The van der Waals surface area contributed by atoms with Crippen LogP contribution in [0.5, 0.6) is 0 Å². The maximum absolute atomic E-state index is 12.2. The zero-order chi connectivity index (χ0) is 17.9. The Balaban J connectivity index is 6.76. The van der Waals surface area contributed by atoms with Crippen molar-refractivity contribution in [2.75, 3.05) is 6.61 Å². The van der Waals surface area contributed by atoms with Gasteiger partial charge < -0.3 is 20.1 Å². The second-order valence-electron chi connectivity index (χ2n) is 4.74. The van der Waals surface area contributed by atoms with E-state index in [4.69, 9.17) is 5.11 Å². The van der Waals surface area contributed by atoms with Gasteiger partial charge in [0.1, 0.15) is 6.10 Å². The summed E-state index contributed by atoms with van der Waals surface area (Å²) in [5.41, 5.74) is -6.60. The molecule has 0 radical (unpaired) electrons. The Morgan fingerprint density at radius 3 is 1.68 bits per heavy atom. The first-order chi connectivity index (χ1) is 9.89. The summed E-state index contributed by atoms with van der Waals surface area (Å²) in [6.07, 6.45) is -2.35. The van der Waals surface area contributed by atoms with E-state index in [0.29, 0.717) is 13.8 Å². The van der Waals surface area contributed by atoms with Crippen molar-refractivity contribution in [1.82, 2.24) is 0 Å². The van der Waals surface area contributed by atoms with Crippen molar-refractivity contribution < 1.29 is 44.0 Å². The first-order valence-electron chi connectivity index (χ1n) is 6.17. The van der Waals surface area contributed by atoms with Gasteiger partial charge in [0.2, 0.25) is 5.60 Å². The highest BCUT2D eigenvalue weighted by molar-refractivity contribution is 6.45. The average Bonchev–Trinajstić information content (AvgIpc) is 2.40. The predicted octanol–water partition coefficient (Wildman–Crippen LogP) is -2.29. The Bertz CT molecular complexity index is 524. The number of Topliss-reactive ketones (excluding diaryl/α,β-unsaturated/α-hetero) is 4. The van der Waals surface area contributed by atoms with Gasteiger partial charge in [-0.3, -0.25) is 24.0 Å². The highest BCUT2D eigenvalue weighted by atomic mass is 16.6. The Kier molecular flexibility index (Phi) is 6.25. The van der Waals surface area contributed by atoms with Gasteiger partial charge >= 0.3 is 5.97 Å². The summed E-state index contributed by atoms with van der Waals surface area (Å²) >= 11 is 0. The largest absolute Gasteiger partial charge is 0.439 e. The zero-order valence-corrected chi connectivity index (χ0v) is 12.6. The zero-order valence-electron chi connectivity index (χ0n) is 12.6. The summed E-state index contributed by atoms with van der Waals surface area (Å²) in [4.78, 5) is 58.6. The number of carbonyl (C=O) groups excluding carboxylic acids is 5. The summed E-state index contributed by atoms with van der Waals surface area (Å²) in [5.74, 6) is -6.94. The normalized spacial score (nSPS) is 17.6. The molecule has 0 aromatic heterocycles. The molecule has 3 atom stereocenters. The van der Waals surface area contributed by atoms with E-state index in [1.165, 1.54) is 0 Å². The second kappa shape index (κ2) is 6.86. The van der Waals surface area contributed by atoms with Gasteiger partial charge in [-0.15, -0.1) is 0 Å². The molecule has 9 nitrogen and oxygen atoms in total. The second-order valence-corrected chi connectivity index (χ2v) is 4.74. The molecule has 0 amide bonds. The van der Waals surface area contributed by atoms with Crippen LogP contribution in [-0.4, -0.2) is 68.3 Å². The van der Waals surface area contributed by atoms with Crippen LogP contribution in [0.15, 0.2) is 0 Å². The van der Waals surface area contributed by atoms with Gasteiger partial charge in [0.15, 0.2) is 17.3 Å². The summed E-state index contributed by atoms with van der Waals surface area (Å²) in [6.45, 7) is 1.67. The maximum Gasteiger partial charge on any atom is 0.304 e. The first kappa shape index (κ1) is 20.0. The van der Waals surface area contributed by atoms with E-state index in [0.717, 1.165) is 13.8 Å². The number of carbonyl (C=O) groups is 5. The van der Waals surface area contributed by atoms with Crippen molar-refractivity contribution in [3.05, 3.63) is 0 Å². The number of aliphatic hydroxyl groups excluding tert-OH is 2. The van der Waals surface area contributed by atoms with Crippen molar-refractivity contribution in [1.29, 1.82) is 0 Å². The quantitative estimate of drug-likeness (QED) is 0.254. The number of esters is 1. The summed E-state index contributed by atoms with van der Waals surface area (Å²) in [5, 5.41) is 29.2. The molecule has 0 bridgehead atoms. The van der Waals surface area contributed by atoms with E-state index < -0.39 is 53.0 Å². The summed E-state index contributed by atoms with van der Waals surface area (Å²) in [6, 6.07) is 0. The first-order valence-corrected chi connectivity index (χ1v) is 6.17. The van der Waals surface area contributed by atoms with Gasteiger partial charge in [-0.05, 0) is 13.8 Å². The maximum atomic E-state index is 12.2. The van der Waals surface area contributed by atoms with Crippen molar-refractivity contribution in [3.8, 4) is 0 Å². The van der Waals surface area contributed by atoms with Gasteiger partial charge in [0.25, 0.3) is 11.4 Å². The van der Waals surface area contributed by atoms with Crippen molar-refractivity contribution in [2.45, 2.75) is 45.0 Å². The van der Waals surface area contributed by atoms with Crippen molar-refractivity contribution >= 4 is 29.1 Å². The van der Waals surface area contributed by atoms with Crippen LogP contribution in [0.25, 0.3) is 0 Å². The predicted molar refractivity (Wildman–Crippen MR) is 69.6 cm³/mol. The Morgan fingerprint density at radius 2 is 1.45 bits per heavy atom. The molecule has 9 heteroatoms. The molecule has 0 saturated heterocycles. The van der Waals surface area contributed by atoms with Gasteiger partial charge in [-0.1, -0.05) is 0 Å². The lowest BCUT2D eigenvalue weighted by atomic mass is 9.70. The Morgan fingerprint density at radius 1 is 1.00 bits per heavy atom. The van der Waals surface area contributed by atoms with Gasteiger partial charge in [-0.2, -0.15) is 0 Å². The molecular formula is C13H18O9. The SMILES string of the molecule is CC(=O)O[C@@](C(C)=O)(C(=O)C(C)=O)[C@@](O)(C(C)=O)[C@H](O)CO. The number of ether oxygens (including phenoxy) is 1. The highest BCUT2D eigenvalue weighted by Gasteiger charge is 2.69. The molecule has 0 fully saturated rings. The van der Waals surface area contributed by atoms with Gasteiger partial charge in [-0.25, -0.2) is 0 Å². The molecule has 0 aliphatic heterocycles. The summed E-state index contributed by atoms with van der Waals surface area (Å²) in [7, 11) is 0. The fourth-order valence-corrected chi connectivity index (χ4v) is 2.11. The van der Waals surface area contributed by atoms with Crippen LogP contribution < -0.4 is 0 Å². The third-order valence-electron chi connectivity index (χ3n) is 3.16. The smallest absolute Gasteiger partial charge is 0.304 e. The molecule has 0 aliphatic rings. The van der Waals surface area contributed by atoms with E-state index in [9.17, 15) is 34.2 Å². The Labute approximate surface area is 125 Å².